The van der Waals surface area contributed by atoms with Crippen molar-refractivity contribution in [1.29, 1.82) is 0 Å². The number of nitrogens with one attached hydrogen (secondary N) is 1. The molecule has 0 fully saturated rings. The minimum absolute atomic E-state index is 0.133. The highest BCUT2D eigenvalue weighted by Crippen LogP contribution is 2.44. The lowest BCUT2D eigenvalue weighted by molar-refractivity contribution is 0.170. The third kappa shape index (κ3) is 1.65. The quantitative estimate of drug-likeness (QED) is 0.884. The SMILES string of the molecule is CCC1C(NC)c2cc3c(cc2S1=O)OCCO3. The van der Waals surface area contributed by atoms with Crippen LogP contribution in [0.15, 0.2) is 17.0 Å². The van der Waals surface area contributed by atoms with Gasteiger partial charge in [-0.15, -0.1) is 0 Å². The maximum absolute atomic E-state index is 12.5. The van der Waals surface area contributed by atoms with Crippen molar-refractivity contribution >= 4 is 10.8 Å². The van der Waals surface area contributed by atoms with Crippen LogP contribution in [0, 0.1) is 0 Å². The number of fused-ring (bicyclic) bond motifs is 2. The van der Waals surface area contributed by atoms with Crippen molar-refractivity contribution < 1.29 is 13.7 Å². The third-order valence-corrected chi connectivity index (χ3v) is 5.53. The Morgan fingerprint density at radius 2 is 2.00 bits per heavy atom. The average molecular weight is 267 g/mol. The molecule has 5 heteroatoms. The van der Waals surface area contributed by atoms with Crippen LogP contribution in [0.1, 0.15) is 24.9 Å². The zero-order valence-electron chi connectivity index (χ0n) is 10.6. The second kappa shape index (κ2) is 4.55. The fourth-order valence-electron chi connectivity index (χ4n) is 2.72. The van der Waals surface area contributed by atoms with E-state index in [2.05, 4.69) is 12.2 Å². The first-order valence-corrected chi connectivity index (χ1v) is 7.49. The summed E-state index contributed by atoms with van der Waals surface area (Å²) in [5.74, 6) is 1.49. The molecular weight excluding hydrogens is 250 g/mol. The number of hydrogen-bond acceptors (Lipinski definition) is 4. The molecule has 0 saturated carbocycles. The second-order valence-corrected chi connectivity index (χ2v) is 6.18. The minimum Gasteiger partial charge on any atom is -0.486 e. The van der Waals surface area contributed by atoms with E-state index in [1.807, 2.05) is 19.2 Å². The third-order valence-electron chi connectivity index (χ3n) is 3.59. The summed E-state index contributed by atoms with van der Waals surface area (Å²) in [6, 6.07) is 4.01. The average Bonchev–Trinajstić information content (AvgIpc) is 2.68. The van der Waals surface area contributed by atoms with E-state index in [4.69, 9.17) is 9.47 Å². The Hall–Kier alpha value is -1.07. The molecule has 0 aliphatic carbocycles. The van der Waals surface area contributed by atoms with Crippen molar-refractivity contribution in [2.75, 3.05) is 20.3 Å². The van der Waals surface area contributed by atoms with E-state index in [1.165, 1.54) is 0 Å². The molecule has 2 aliphatic rings. The smallest absolute Gasteiger partial charge is 0.162 e. The van der Waals surface area contributed by atoms with Crippen LogP contribution >= 0.6 is 0 Å². The molecule has 1 aromatic carbocycles. The van der Waals surface area contributed by atoms with Gasteiger partial charge in [-0.3, -0.25) is 4.21 Å². The molecule has 98 valence electrons. The molecule has 3 rings (SSSR count). The van der Waals surface area contributed by atoms with Gasteiger partial charge in [0.25, 0.3) is 0 Å². The monoisotopic (exact) mass is 267 g/mol. The van der Waals surface area contributed by atoms with Gasteiger partial charge < -0.3 is 14.8 Å². The number of hydrogen-bond donors (Lipinski definition) is 1. The van der Waals surface area contributed by atoms with Crippen LogP contribution in [0.2, 0.25) is 0 Å². The zero-order chi connectivity index (χ0) is 12.7. The van der Waals surface area contributed by atoms with Gasteiger partial charge in [-0.2, -0.15) is 0 Å². The van der Waals surface area contributed by atoms with Crippen LogP contribution in [-0.2, 0) is 10.8 Å². The molecule has 0 amide bonds. The summed E-state index contributed by atoms with van der Waals surface area (Å²) in [6.45, 7) is 3.22. The standard InChI is InChI=1S/C13H17NO3S/c1-3-11-13(14-2)8-6-9-10(17-5-4-16-9)7-12(8)18(11)15/h6-7,11,13-14H,3-5H2,1-2H3. The second-order valence-electron chi connectivity index (χ2n) is 4.54. The summed E-state index contributed by atoms with van der Waals surface area (Å²) in [7, 11) is 0.951. The number of benzene rings is 1. The Kier molecular flexibility index (Phi) is 3.03. The van der Waals surface area contributed by atoms with Gasteiger partial charge in [0.05, 0.1) is 16.0 Å². The normalized spacial score (nSPS) is 29.1. The Bertz CT molecular complexity index is 503. The Balaban J connectivity index is 2.11. The van der Waals surface area contributed by atoms with Gasteiger partial charge in [0, 0.05) is 17.0 Å². The van der Waals surface area contributed by atoms with E-state index in [1.54, 1.807) is 0 Å². The van der Waals surface area contributed by atoms with E-state index >= 15 is 0 Å². The number of ether oxygens (including phenoxy) is 2. The molecule has 2 heterocycles. The van der Waals surface area contributed by atoms with Gasteiger partial charge in [0.15, 0.2) is 11.5 Å². The van der Waals surface area contributed by atoms with E-state index in [9.17, 15) is 4.21 Å². The van der Waals surface area contributed by atoms with Gasteiger partial charge in [-0.05, 0) is 25.1 Å². The zero-order valence-corrected chi connectivity index (χ0v) is 11.4. The van der Waals surface area contributed by atoms with Crippen molar-refractivity contribution in [3.8, 4) is 11.5 Å². The molecule has 1 aromatic rings. The molecule has 18 heavy (non-hydrogen) atoms. The van der Waals surface area contributed by atoms with Crippen LogP contribution < -0.4 is 14.8 Å². The fraction of sp³-hybridized carbons (Fsp3) is 0.538. The summed E-state index contributed by atoms with van der Waals surface area (Å²) in [5.41, 5.74) is 1.09. The first-order valence-electron chi connectivity index (χ1n) is 6.27. The summed E-state index contributed by atoms with van der Waals surface area (Å²) in [6.07, 6.45) is 0.888. The Morgan fingerprint density at radius 1 is 1.33 bits per heavy atom. The van der Waals surface area contributed by atoms with Crippen LogP contribution in [0.5, 0.6) is 11.5 Å². The number of rotatable bonds is 2. The molecule has 3 atom stereocenters. The molecule has 3 unspecified atom stereocenters. The van der Waals surface area contributed by atoms with Crippen molar-refractivity contribution in [3.05, 3.63) is 17.7 Å². The van der Waals surface area contributed by atoms with E-state index in [0.29, 0.717) is 13.2 Å². The van der Waals surface area contributed by atoms with Crippen LogP contribution in [0.3, 0.4) is 0 Å². The molecule has 2 aliphatic heterocycles. The van der Waals surface area contributed by atoms with Crippen molar-refractivity contribution in [2.45, 2.75) is 29.5 Å². The van der Waals surface area contributed by atoms with Gasteiger partial charge in [-0.1, -0.05) is 6.92 Å². The van der Waals surface area contributed by atoms with E-state index < -0.39 is 10.8 Å². The predicted octanol–water partition coefficient (Wildman–Crippen LogP) is 1.62. The van der Waals surface area contributed by atoms with Crippen LogP contribution in [0.25, 0.3) is 0 Å². The minimum atomic E-state index is -0.962. The lowest BCUT2D eigenvalue weighted by atomic mass is 10.0. The van der Waals surface area contributed by atoms with Crippen LogP contribution in [0.4, 0.5) is 0 Å². The van der Waals surface area contributed by atoms with Gasteiger partial charge in [-0.25, -0.2) is 0 Å². The molecule has 0 spiro atoms. The summed E-state index contributed by atoms with van der Waals surface area (Å²) in [4.78, 5) is 0.894. The van der Waals surface area contributed by atoms with E-state index in [0.717, 1.165) is 28.4 Å². The molecule has 1 N–H and O–H groups in total. The fourth-order valence-corrected chi connectivity index (χ4v) is 4.52. The lowest BCUT2D eigenvalue weighted by Gasteiger charge is -2.20. The summed E-state index contributed by atoms with van der Waals surface area (Å²) >= 11 is 0. The van der Waals surface area contributed by atoms with Gasteiger partial charge in [0.1, 0.15) is 13.2 Å². The van der Waals surface area contributed by atoms with Crippen molar-refractivity contribution in [3.63, 3.8) is 0 Å². The maximum Gasteiger partial charge on any atom is 0.162 e. The first-order chi connectivity index (χ1) is 8.76. The molecular formula is C13H17NO3S. The van der Waals surface area contributed by atoms with Crippen molar-refractivity contribution in [2.24, 2.45) is 0 Å². The molecule has 4 nitrogen and oxygen atoms in total. The Labute approximate surface area is 109 Å². The highest BCUT2D eigenvalue weighted by atomic mass is 32.2. The van der Waals surface area contributed by atoms with Crippen molar-refractivity contribution in [1.82, 2.24) is 5.32 Å². The van der Waals surface area contributed by atoms with Gasteiger partial charge in [0.2, 0.25) is 0 Å². The highest BCUT2D eigenvalue weighted by molar-refractivity contribution is 7.86. The molecule has 0 saturated heterocycles. The summed E-state index contributed by atoms with van der Waals surface area (Å²) < 4.78 is 23.6. The predicted molar refractivity (Wildman–Crippen MR) is 69.7 cm³/mol. The van der Waals surface area contributed by atoms with E-state index in [-0.39, 0.29) is 11.3 Å². The maximum atomic E-state index is 12.5. The van der Waals surface area contributed by atoms with Gasteiger partial charge >= 0.3 is 0 Å². The Morgan fingerprint density at radius 3 is 2.61 bits per heavy atom. The topological polar surface area (TPSA) is 47.6 Å². The first kappa shape index (κ1) is 12.0. The highest BCUT2D eigenvalue weighted by Gasteiger charge is 2.38. The molecule has 0 aromatic heterocycles. The molecule has 0 bridgehead atoms. The molecule has 0 radical (unpaired) electrons. The lowest BCUT2D eigenvalue weighted by Crippen LogP contribution is -2.26. The largest absolute Gasteiger partial charge is 0.486 e. The summed E-state index contributed by atoms with van der Waals surface area (Å²) in [5, 5.41) is 3.40. The van der Waals surface area contributed by atoms with Crippen LogP contribution in [-0.4, -0.2) is 29.7 Å².